The van der Waals surface area contributed by atoms with Gasteiger partial charge < -0.3 is 9.88 Å². The fourth-order valence-electron chi connectivity index (χ4n) is 4.58. The van der Waals surface area contributed by atoms with E-state index in [1.54, 1.807) is 0 Å². The number of hydrogen-bond acceptors (Lipinski definition) is 1. The predicted octanol–water partition coefficient (Wildman–Crippen LogP) is 5.91. The van der Waals surface area contributed by atoms with Crippen LogP contribution in [0.2, 0.25) is 0 Å². The molecule has 1 aliphatic heterocycles. The zero-order valence-corrected chi connectivity index (χ0v) is 14.3. The maximum absolute atomic E-state index is 3.79. The molecule has 2 heteroatoms. The topological polar surface area (TPSA) is 17.0 Å². The second-order valence-electron chi connectivity index (χ2n) is 7.12. The number of aromatic nitrogens is 1. The van der Waals surface area contributed by atoms with Crippen molar-refractivity contribution in [2.24, 2.45) is 0 Å². The van der Waals surface area contributed by atoms with E-state index in [-0.39, 0.29) is 0 Å². The maximum atomic E-state index is 3.79. The van der Waals surface area contributed by atoms with E-state index in [1.165, 1.54) is 39.0 Å². The average molecular weight is 334 g/mol. The molecule has 0 spiro atoms. The van der Waals surface area contributed by atoms with Gasteiger partial charge in [0.15, 0.2) is 0 Å². The molecule has 3 aromatic carbocycles. The van der Waals surface area contributed by atoms with Crippen LogP contribution in [0.15, 0.2) is 85.1 Å². The van der Waals surface area contributed by atoms with Gasteiger partial charge in [-0.1, -0.05) is 60.7 Å². The van der Waals surface area contributed by atoms with Gasteiger partial charge >= 0.3 is 0 Å². The predicted molar refractivity (Wildman–Crippen MR) is 108 cm³/mol. The molecule has 0 bridgehead atoms. The third kappa shape index (κ3) is 1.81. The quantitative estimate of drug-likeness (QED) is 0.458. The minimum absolute atomic E-state index is 0.316. The van der Waals surface area contributed by atoms with Crippen molar-refractivity contribution < 1.29 is 0 Å². The zero-order chi connectivity index (χ0) is 17.1. The Bertz CT molecular complexity index is 1170. The third-order valence-electron chi connectivity index (χ3n) is 5.74. The van der Waals surface area contributed by atoms with Gasteiger partial charge in [-0.15, -0.1) is 0 Å². The molecule has 6 rings (SSSR count). The number of hydrogen-bond donors (Lipinski definition) is 1. The number of anilines is 1. The highest BCUT2D eigenvalue weighted by Gasteiger charge is 2.36. The SMILES string of the molecule is C1=CC2c3c(ccc4ccn(-c5ccccc5)c34)NC2c2ccccc21. The number of rotatable bonds is 1. The van der Waals surface area contributed by atoms with Crippen LogP contribution in [0, 0.1) is 0 Å². The van der Waals surface area contributed by atoms with E-state index in [9.17, 15) is 0 Å². The Balaban J connectivity index is 1.61. The number of fused-ring (bicyclic) bond motifs is 7. The summed E-state index contributed by atoms with van der Waals surface area (Å²) in [6.07, 6.45) is 6.84. The van der Waals surface area contributed by atoms with E-state index in [0.717, 1.165) is 0 Å². The van der Waals surface area contributed by atoms with E-state index in [2.05, 4.69) is 101 Å². The summed E-state index contributed by atoms with van der Waals surface area (Å²) >= 11 is 0. The Labute approximate surface area is 152 Å². The molecule has 26 heavy (non-hydrogen) atoms. The van der Waals surface area contributed by atoms with Crippen molar-refractivity contribution >= 4 is 22.7 Å². The standard InChI is InChI=1S/C24H18N2/c1-2-7-18(8-3-1)26-15-14-17-11-13-21-22(24(17)26)20-12-10-16-6-4-5-9-19(16)23(20)25-21/h1-15,20,23,25H. The molecule has 4 aromatic rings. The lowest BCUT2D eigenvalue weighted by molar-refractivity contribution is 0.728. The number of para-hydroxylation sites is 1. The fraction of sp³-hybridized carbons (Fsp3) is 0.0833. The molecular weight excluding hydrogens is 316 g/mol. The second-order valence-corrected chi connectivity index (χ2v) is 7.12. The Hall–Kier alpha value is -3.26. The van der Waals surface area contributed by atoms with Crippen LogP contribution in [0.3, 0.4) is 0 Å². The average Bonchev–Trinajstić information content (AvgIpc) is 3.29. The van der Waals surface area contributed by atoms with Crippen LogP contribution in [0.5, 0.6) is 0 Å². The Morgan fingerprint density at radius 2 is 1.65 bits per heavy atom. The summed E-state index contributed by atoms with van der Waals surface area (Å²) in [5.41, 5.74) is 7.90. The highest BCUT2D eigenvalue weighted by Crippen LogP contribution is 2.51. The minimum atomic E-state index is 0.316. The molecule has 1 aliphatic carbocycles. The molecule has 0 radical (unpaired) electrons. The summed E-state index contributed by atoms with van der Waals surface area (Å²) < 4.78 is 2.33. The fourth-order valence-corrected chi connectivity index (χ4v) is 4.58. The van der Waals surface area contributed by atoms with Crippen molar-refractivity contribution in [3.63, 3.8) is 0 Å². The highest BCUT2D eigenvalue weighted by atomic mass is 15.0. The smallest absolute Gasteiger partial charge is 0.0624 e. The Morgan fingerprint density at radius 1 is 0.808 bits per heavy atom. The first-order chi connectivity index (χ1) is 12.9. The summed E-state index contributed by atoms with van der Waals surface area (Å²) in [6.45, 7) is 0. The zero-order valence-electron chi connectivity index (χ0n) is 14.3. The van der Waals surface area contributed by atoms with E-state index < -0.39 is 0 Å². The molecule has 124 valence electrons. The van der Waals surface area contributed by atoms with Crippen LogP contribution >= 0.6 is 0 Å². The van der Waals surface area contributed by atoms with Gasteiger partial charge in [-0.2, -0.15) is 0 Å². The minimum Gasteiger partial charge on any atom is -0.377 e. The molecule has 0 fully saturated rings. The molecule has 1 aromatic heterocycles. The number of nitrogens with one attached hydrogen (secondary N) is 1. The largest absolute Gasteiger partial charge is 0.377 e. The van der Waals surface area contributed by atoms with Crippen molar-refractivity contribution in [3.05, 3.63) is 102 Å². The molecule has 2 aliphatic rings. The normalized spacial score (nSPS) is 19.7. The second kappa shape index (κ2) is 5.12. The number of benzene rings is 3. The van der Waals surface area contributed by atoms with Crippen LogP contribution < -0.4 is 5.32 Å². The van der Waals surface area contributed by atoms with E-state index in [0.29, 0.717) is 12.0 Å². The summed E-state index contributed by atoms with van der Waals surface area (Å²) in [6, 6.07) is 26.3. The van der Waals surface area contributed by atoms with Crippen LogP contribution in [-0.2, 0) is 0 Å². The van der Waals surface area contributed by atoms with Gasteiger partial charge in [0.25, 0.3) is 0 Å². The first-order valence-corrected chi connectivity index (χ1v) is 9.13. The van der Waals surface area contributed by atoms with Gasteiger partial charge in [-0.3, -0.25) is 0 Å². The van der Waals surface area contributed by atoms with Gasteiger partial charge in [0.1, 0.15) is 0 Å². The molecule has 0 saturated carbocycles. The molecule has 2 heterocycles. The molecule has 2 nitrogen and oxygen atoms in total. The van der Waals surface area contributed by atoms with Crippen molar-refractivity contribution in [2.75, 3.05) is 5.32 Å². The van der Waals surface area contributed by atoms with Crippen LogP contribution in [0.1, 0.15) is 28.7 Å². The molecule has 2 atom stereocenters. The monoisotopic (exact) mass is 334 g/mol. The maximum Gasteiger partial charge on any atom is 0.0624 e. The van der Waals surface area contributed by atoms with Crippen molar-refractivity contribution in [1.29, 1.82) is 0 Å². The van der Waals surface area contributed by atoms with Crippen molar-refractivity contribution in [3.8, 4) is 5.69 Å². The third-order valence-corrected chi connectivity index (χ3v) is 5.74. The molecule has 0 amide bonds. The lowest BCUT2D eigenvalue weighted by atomic mass is 9.83. The van der Waals surface area contributed by atoms with E-state index >= 15 is 0 Å². The first-order valence-electron chi connectivity index (χ1n) is 9.13. The summed E-state index contributed by atoms with van der Waals surface area (Å²) in [7, 11) is 0. The van der Waals surface area contributed by atoms with Crippen LogP contribution in [-0.4, -0.2) is 4.57 Å². The highest BCUT2D eigenvalue weighted by molar-refractivity contribution is 5.92. The van der Waals surface area contributed by atoms with Gasteiger partial charge in [0.05, 0.1) is 11.6 Å². The van der Waals surface area contributed by atoms with E-state index in [1.807, 2.05) is 0 Å². The van der Waals surface area contributed by atoms with Gasteiger partial charge in [0, 0.05) is 34.4 Å². The number of nitrogens with zero attached hydrogens (tertiary/aromatic N) is 1. The van der Waals surface area contributed by atoms with Crippen LogP contribution in [0.4, 0.5) is 5.69 Å². The lowest BCUT2D eigenvalue weighted by Gasteiger charge is -2.24. The van der Waals surface area contributed by atoms with Crippen molar-refractivity contribution in [2.45, 2.75) is 12.0 Å². The van der Waals surface area contributed by atoms with Crippen LogP contribution in [0.25, 0.3) is 22.7 Å². The Kier molecular flexibility index (Phi) is 2.75. The first kappa shape index (κ1) is 14.0. The lowest BCUT2D eigenvalue weighted by Crippen LogP contribution is -2.14. The van der Waals surface area contributed by atoms with Gasteiger partial charge in [0.2, 0.25) is 0 Å². The van der Waals surface area contributed by atoms with Gasteiger partial charge in [-0.05, 0) is 35.4 Å². The Morgan fingerprint density at radius 3 is 2.58 bits per heavy atom. The summed E-state index contributed by atoms with van der Waals surface area (Å²) in [5.74, 6) is 0.362. The molecule has 2 unspecified atom stereocenters. The van der Waals surface area contributed by atoms with E-state index in [4.69, 9.17) is 0 Å². The summed E-state index contributed by atoms with van der Waals surface area (Å²) in [4.78, 5) is 0. The van der Waals surface area contributed by atoms with Crippen molar-refractivity contribution in [1.82, 2.24) is 4.57 Å². The molecular formula is C24H18N2. The molecule has 1 N–H and O–H groups in total. The summed E-state index contributed by atoms with van der Waals surface area (Å²) in [5, 5.41) is 5.08. The van der Waals surface area contributed by atoms with Gasteiger partial charge in [-0.25, -0.2) is 0 Å². The molecule has 0 saturated heterocycles.